The van der Waals surface area contributed by atoms with Crippen LogP contribution in [0.25, 0.3) is 11.1 Å². The van der Waals surface area contributed by atoms with E-state index in [0.717, 1.165) is 16.7 Å². The number of hydrogen-bond acceptors (Lipinski definition) is 2. The van der Waals surface area contributed by atoms with Gasteiger partial charge in [-0.3, -0.25) is 0 Å². The average molecular weight is 262 g/mol. The van der Waals surface area contributed by atoms with Crippen LogP contribution in [0.15, 0.2) is 54.6 Å². The van der Waals surface area contributed by atoms with Crippen LogP contribution in [0.4, 0.5) is 0 Å². The van der Waals surface area contributed by atoms with Crippen molar-refractivity contribution in [3.05, 3.63) is 54.6 Å². The van der Waals surface area contributed by atoms with Crippen molar-refractivity contribution in [2.45, 2.75) is 0 Å². The zero-order chi connectivity index (χ0) is 13.0. The van der Waals surface area contributed by atoms with Crippen LogP contribution in [-0.2, 0) is 9.80 Å². The largest absolute Gasteiger partial charge is 0.454 e. The molecule has 0 spiro atoms. The monoisotopic (exact) mass is 262 g/mol. The molecule has 0 heterocycles. The molecule has 2 aromatic carbocycles. The Morgan fingerprint density at radius 3 is 2.11 bits per heavy atom. The highest BCUT2D eigenvalue weighted by Gasteiger charge is 1.98. The lowest BCUT2D eigenvalue weighted by Crippen LogP contribution is -2.03. The van der Waals surface area contributed by atoms with Gasteiger partial charge in [0.25, 0.3) is 0 Å². The minimum absolute atomic E-state index is 0.540. The van der Waals surface area contributed by atoms with Crippen LogP contribution >= 0.6 is 0 Å². The SMILES string of the molecule is CS(=O)(O)=COc1ccc(-c2ccccc2)cc1. The molecule has 1 atom stereocenters. The fourth-order valence-corrected chi connectivity index (χ4v) is 1.79. The first-order chi connectivity index (χ1) is 8.54. The van der Waals surface area contributed by atoms with Crippen LogP contribution in [0, 0.1) is 0 Å². The highest BCUT2D eigenvalue weighted by Crippen LogP contribution is 2.21. The van der Waals surface area contributed by atoms with Crippen LogP contribution in [-0.4, -0.2) is 20.6 Å². The maximum Gasteiger partial charge on any atom is 0.167 e. The predicted octanol–water partition coefficient (Wildman–Crippen LogP) is 2.88. The first-order valence-corrected chi connectivity index (χ1v) is 7.40. The molecule has 0 aliphatic heterocycles. The molecule has 0 aliphatic carbocycles. The first kappa shape index (κ1) is 12.7. The first-order valence-electron chi connectivity index (χ1n) is 5.42. The summed E-state index contributed by atoms with van der Waals surface area (Å²) in [5.74, 6) is 0.540. The van der Waals surface area contributed by atoms with Gasteiger partial charge in [0.1, 0.15) is 15.6 Å². The van der Waals surface area contributed by atoms with E-state index in [1.165, 1.54) is 6.26 Å². The van der Waals surface area contributed by atoms with E-state index >= 15 is 0 Å². The minimum atomic E-state index is -2.98. The molecule has 2 rings (SSSR count). The van der Waals surface area contributed by atoms with Crippen molar-refractivity contribution < 1.29 is 13.5 Å². The molecule has 0 amide bonds. The molecule has 3 nitrogen and oxygen atoms in total. The van der Waals surface area contributed by atoms with E-state index in [-0.39, 0.29) is 0 Å². The number of hydrogen-bond donors (Lipinski definition) is 1. The van der Waals surface area contributed by atoms with Gasteiger partial charge in [0.2, 0.25) is 0 Å². The molecular formula is C14H14O3S. The number of benzene rings is 2. The Bertz CT molecular complexity index is 616. The van der Waals surface area contributed by atoms with Gasteiger partial charge in [-0.05, 0) is 23.3 Å². The fourth-order valence-electron chi connectivity index (χ4n) is 1.50. The van der Waals surface area contributed by atoms with Crippen molar-refractivity contribution in [3.8, 4) is 16.9 Å². The molecule has 0 saturated carbocycles. The second kappa shape index (κ2) is 5.25. The van der Waals surface area contributed by atoms with Gasteiger partial charge >= 0.3 is 0 Å². The van der Waals surface area contributed by atoms with Crippen molar-refractivity contribution in [2.75, 3.05) is 6.26 Å². The van der Waals surface area contributed by atoms with Crippen LogP contribution in [0.5, 0.6) is 5.75 Å². The normalized spacial score (nSPS) is 13.7. The Balaban J connectivity index is 2.19. The summed E-state index contributed by atoms with van der Waals surface area (Å²) >= 11 is 0. The van der Waals surface area contributed by atoms with Gasteiger partial charge in [-0.2, -0.15) is 0 Å². The Kier molecular flexibility index (Phi) is 3.69. The quantitative estimate of drug-likeness (QED) is 0.865. The molecule has 0 radical (unpaired) electrons. The van der Waals surface area contributed by atoms with Crippen molar-refractivity contribution >= 4 is 15.4 Å². The standard InChI is InChI=1S/C14H14O3S/c1-18(15,16)11-17-14-9-7-13(8-10-14)12-5-3-2-4-6-12/h2-11H,1H3,(H,15,16). The average Bonchev–Trinajstić information content (AvgIpc) is 2.37. The second-order valence-electron chi connectivity index (χ2n) is 3.97. The fraction of sp³-hybridized carbons (Fsp3) is 0.0714. The molecule has 0 saturated heterocycles. The van der Waals surface area contributed by atoms with Crippen LogP contribution in [0.2, 0.25) is 0 Å². The van der Waals surface area contributed by atoms with Gasteiger partial charge in [-0.1, -0.05) is 42.5 Å². The van der Waals surface area contributed by atoms with Crippen LogP contribution < -0.4 is 4.74 Å². The zero-order valence-electron chi connectivity index (χ0n) is 9.95. The van der Waals surface area contributed by atoms with E-state index in [4.69, 9.17) is 9.29 Å². The van der Waals surface area contributed by atoms with Crippen molar-refractivity contribution in [1.82, 2.24) is 0 Å². The van der Waals surface area contributed by atoms with E-state index in [0.29, 0.717) is 5.75 Å². The third kappa shape index (κ3) is 3.61. The molecule has 0 aromatic heterocycles. The maximum absolute atomic E-state index is 11.0. The van der Waals surface area contributed by atoms with Gasteiger partial charge in [-0.25, -0.2) is 4.21 Å². The van der Waals surface area contributed by atoms with Gasteiger partial charge in [0, 0.05) is 6.26 Å². The second-order valence-corrected chi connectivity index (χ2v) is 5.88. The van der Waals surface area contributed by atoms with E-state index in [1.54, 1.807) is 12.1 Å². The zero-order valence-corrected chi connectivity index (χ0v) is 10.8. The van der Waals surface area contributed by atoms with Crippen molar-refractivity contribution in [3.63, 3.8) is 0 Å². The summed E-state index contributed by atoms with van der Waals surface area (Å²) in [4.78, 5) is 0. The lowest BCUT2D eigenvalue weighted by molar-refractivity contribution is 0.547. The highest BCUT2D eigenvalue weighted by atomic mass is 32.2. The third-order valence-corrected chi connectivity index (χ3v) is 2.78. The van der Waals surface area contributed by atoms with E-state index < -0.39 is 9.80 Å². The van der Waals surface area contributed by atoms with Gasteiger partial charge in [-0.15, -0.1) is 0 Å². The van der Waals surface area contributed by atoms with Crippen molar-refractivity contribution in [1.29, 1.82) is 0 Å². The Hall–Kier alpha value is -1.78. The smallest absolute Gasteiger partial charge is 0.167 e. The summed E-state index contributed by atoms with van der Waals surface area (Å²) in [6, 6.07) is 17.3. The molecule has 4 heteroatoms. The van der Waals surface area contributed by atoms with Crippen LogP contribution in [0.3, 0.4) is 0 Å². The summed E-state index contributed by atoms with van der Waals surface area (Å²) in [5, 5.41) is 0. The molecule has 94 valence electrons. The summed E-state index contributed by atoms with van der Waals surface area (Å²) < 4.78 is 25.2. The lowest BCUT2D eigenvalue weighted by atomic mass is 10.1. The van der Waals surface area contributed by atoms with E-state index in [1.807, 2.05) is 42.5 Å². The number of ether oxygens (including phenoxy) is 1. The summed E-state index contributed by atoms with van der Waals surface area (Å²) in [6.45, 7) is 0. The number of rotatable bonds is 3. The molecule has 0 aliphatic rings. The summed E-state index contributed by atoms with van der Waals surface area (Å²) in [7, 11) is -2.98. The van der Waals surface area contributed by atoms with E-state index in [2.05, 4.69) is 0 Å². The molecule has 2 aromatic rings. The minimum Gasteiger partial charge on any atom is -0.454 e. The van der Waals surface area contributed by atoms with Crippen molar-refractivity contribution in [2.24, 2.45) is 0 Å². The molecule has 0 fully saturated rings. The summed E-state index contributed by atoms with van der Waals surface area (Å²) in [6.07, 6.45) is 1.20. The molecule has 18 heavy (non-hydrogen) atoms. The predicted molar refractivity (Wildman–Crippen MR) is 75.3 cm³/mol. The lowest BCUT2D eigenvalue weighted by Gasteiger charge is -2.04. The molecule has 0 bridgehead atoms. The Morgan fingerprint density at radius 1 is 1.00 bits per heavy atom. The van der Waals surface area contributed by atoms with E-state index in [9.17, 15) is 4.21 Å². The summed E-state index contributed by atoms with van der Waals surface area (Å²) in [5.41, 5.74) is 3.14. The topological polar surface area (TPSA) is 46.5 Å². The van der Waals surface area contributed by atoms with Gasteiger partial charge in [0.05, 0.1) is 0 Å². The molecule has 1 unspecified atom stereocenters. The van der Waals surface area contributed by atoms with Gasteiger partial charge in [0.15, 0.2) is 5.55 Å². The third-order valence-electron chi connectivity index (χ3n) is 2.32. The molecule has 1 N–H and O–H groups in total. The van der Waals surface area contributed by atoms with Gasteiger partial charge < -0.3 is 9.29 Å². The Morgan fingerprint density at radius 2 is 1.56 bits per heavy atom. The van der Waals surface area contributed by atoms with Crippen LogP contribution in [0.1, 0.15) is 0 Å². The highest BCUT2D eigenvalue weighted by molar-refractivity contribution is 7.95. The Labute approximate surface area is 107 Å². The molecular weight excluding hydrogens is 248 g/mol. The maximum atomic E-state index is 11.0.